The molecule has 1 rings (SSSR count). The van der Waals surface area contributed by atoms with Crippen molar-refractivity contribution in [2.75, 3.05) is 0 Å². The number of hydrogen-bond acceptors (Lipinski definition) is 2. The number of amides is 1. The van der Waals surface area contributed by atoms with Crippen molar-refractivity contribution < 1.29 is 9.53 Å². The minimum atomic E-state index is -0.562. The number of rotatable bonds is 2. The Morgan fingerprint density at radius 1 is 1.43 bits per heavy atom. The van der Waals surface area contributed by atoms with E-state index in [1.54, 1.807) is 4.90 Å². The average molecular weight is 195 g/mol. The fourth-order valence-electron chi connectivity index (χ4n) is 2.30. The molecule has 3 nitrogen and oxygen atoms in total. The van der Waals surface area contributed by atoms with E-state index in [9.17, 15) is 4.79 Å². The van der Waals surface area contributed by atoms with Crippen molar-refractivity contribution in [2.24, 2.45) is 0 Å². The van der Waals surface area contributed by atoms with Gasteiger partial charge in [0, 0.05) is 0 Å². The lowest BCUT2D eigenvalue weighted by atomic mass is 10.00. The van der Waals surface area contributed by atoms with Crippen LogP contribution >= 0.6 is 0 Å². The highest BCUT2D eigenvalue weighted by Crippen LogP contribution is 2.34. The van der Waals surface area contributed by atoms with Crippen LogP contribution in [0.4, 0.5) is 4.79 Å². The largest absolute Gasteiger partial charge is 0.351 e. The molecule has 1 aliphatic rings. The zero-order valence-electron chi connectivity index (χ0n) is 9.41. The number of carbonyl (C=O) groups is 1. The number of nitrogens with zero attached hydrogens (tertiary/aromatic N) is 1. The second-order valence-corrected chi connectivity index (χ2v) is 4.20. The molecule has 0 unspecified atom stereocenters. The monoisotopic (exact) mass is 195 g/mol. The highest BCUT2D eigenvalue weighted by molar-refractivity contribution is 6.57. The fourth-order valence-corrected chi connectivity index (χ4v) is 2.30. The summed E-state index contributed by atoms with van der Waals surface area (Å²) in [6, 6.07) is 0.118. The van der Waals surface area contributed by atoms with Gasteiger partial charge in [-0.3, -0.25) is 4.79 Å². The maximum Gasteiger partial charge on any atom is 0.200 e. The van der Waals surface area contributed by atoms with Crippen LogP contribution in [-0.4, -0.2) is 36.4 Å². The number of hydrogen-bond donors (Lipinski definition) is 0. The molecule has 0 aromatic carbocycles. The highest BCUT2D eigenvalue weighted by Gasteiger charge is 2.46. The van der Waals surface area contributed by atoms with E-state index in [0.29, 0.717) is 0 Å². The van der Waals surface area contributed by atoms with Crippen molar-refractivity contribution in [1.29, 1.82) is 0 Å². The minimum Gasteiger partial charge on any atom is -0.351 e. The predicted molar refractivity (Wildman–Crippen MR) is 56.3 cm³/mol. The summed E-state index contributed by atoms with van der Waals surface area (Å²) in [5, 5.41) is 0. The van der Waals surface area contributed by atoms with Crippen LogP contribution in [0.1, 0.15) is 40.5 Å². The Bertz CT molecular complexity index is 230. The summed E-state index contributed by atoms with van der Waals surface area (Å²) in [5.41, 5.74) is -0.562. The Morgan fingerprint density at radius 3 is 2.36 bits per heavy atom. The average Bonchev–Trinajstić information content (AvgIpc) is 2.35. The van der Waals surface area contributed by atoms with Gasteiger partial charge < -0.3 is 9.64 Å². The van der Waals surface area contributed by atoms with Crippen molar-refractivity contribution in [1.82, 2.24) is 4.90 Å². The molecule has 1 fully saturated rings. The first-order chi connectivity index (χ1) is 6.44. The van der Waals surface area contributed by atoms with Gasteiger partial charge in [-0.15, -0.1) is 0 Å². The maximum absolute atomic E-state index is 11.3. The summed E-state index contributed by atoms with van der Waals surface area (Å²) < 4.78 is 5.80. The molecule has 4 heteroatoms. The molecule has 2 radical (unpaired) electrons. The molecular weight excluding hydrogens is 177 g/mol. The Labute approximate surface area is 87.2 Å². The van der Waals surface area contributed by atoms with Gasteiger partial charge in [0.15, 0.2) is 5.81 Å². The van der Waals surface area contributed by atoms with Crippen molar-refractivity contribution in [3.8, 4) is 0 Å². The first kappa shape index (κ1) is 11.6. The van der Waals surface area contributed by atoms with Crippen LogP contribution in [0.15, 0.2) is 0 Å². The summed E-state index contributed by atoms with van der Waals surface area (Å²) in [6.07, 6.45) is 1.90. The molecule has 1 amide bonds. The van der Waals surface area contributed by atoms with Crippen LogP contribution in [0.25, 0.3) is 0 Å². The third kappa shape index (κ3) is 1.80. The molecule has 0 aromatic heterocycles. The Kier molecular flexibility index (Phi) is 3.25. The lowest BCUT2D eigenvalue weighted by molar-refractivity contribution is -0.0581. The molecular formula is C10H18BNO2. The minimum absolute atomic E-state index is 0.113. The van der Waals surface area contributed by atoms with Crippen LogP contribution in [0, 0.1) is 0 Å². The summed E-state index contributed by atoms with van der Waals surface area (Å²) in [5.74, 6) is -0.391. The lowest BCUT2D eigenvalue weighted by Gasteiger charge is -2.33. The van der Waals surface area contributed by atoms with Gasteiger partial charge in [-0.2, -0.15) is 0 Å². The Hall–Kier alpha value is -0.505. The maximum atomic E-state index is 11.3. The SMILES string of the molecule is [B]C(=O)N1[C@@H](CC)[C@@H](CC)OC1(C)C. The first-order valence-electron chi connectivity index (χ1n) is 5.20. The van der Waals surface area contributed by atoms with Crippen LogP contribution in [-0.2, 0) is 4.74 Å². The summed E-state index contributed by atoms with van der Waals surface area (Å²) in [4.78, 5) is 13.0. The van der Waals surface area contributed by atoms with Crippen molar-refractivity contribution in [3.63, 3.8) is 0 Å². The van der Waals surface area contributed by atoms with E-state index >= 15 is 0 Å². The summed E-state index contributed by atoms with van der Waals surface area (Å²) in [6.45, 7) is 7.88. The van der Waals surface area contributed by atoms with Crippen LogP contribution in [0.3, 0.4) is 0 Å². The van der Waals surface area contributed by atoms with Gasteiger partial charge in [0.25, 0.3) is 0 Å². The van der Waals surface area contributed by atoms with Crippen LogP contribution in [0.5, 0.6) is 0 Å². The first-order valence-corrected chi connectivity index (χ1v) is 5.20. The standard InChI is InChI=1S/C10H18BNO2/c1-5-7-8(6-2)14-10(3,4)12(7)9(11)13/h7-8H,5-6H2,1-4H3/t7-,8+/m0/s1. The van der Waals surface area contributed by atoms with Crippen molar-refractivity contribution in [2.45, 2.75) is 58.4 Å². The van der Waals surface area contributed by atoms with E-state index in [2.05, 4.69) is 6.92 Å². The van der Waals surface area contributed by atoms with E-state index < -0.39 is 11.5 Å². The van der Waals surface area contributed by atoms with Gasteiger partial charge >= 0.3 is 0 Å². The number of ether oxygens (including phenoxy) is 1. The second kappa shape index (κ2) is 3.93. The molecule has 2 atom stereocenters. The topological polar surface area (TPSA) is 29.5 Å². The molecule has 14 heavy (non-hydrogen) atoms. The highest BCUT2D eigenvalue weighted by atomic mass is 16.5. The van der Waals surface area contributed by atoms with Crippen LogP contribution < -0.4 is 0 Å². The molecule has 1 heterocycles. The van der Waals surface area contributed by atoms with E-state index in [1.165, 1.54) is 0 Å². The van der Waals surface area contributed by atoms with Gasteiger partial charge in [0.1, 0.15) is 5.72 Å². The second-order valence-electron chi connectivity index (χ2n) is 4.20. The molecule has 0 aromatic rings. The van der Waals surface area contributed by atoms with Gasteiger partial charge in [0.05, 0.1) is 12.1 Å². The van der Waals surface area contributed by atoms with Crippen LogP contribution in [0.2, 0.25) is 0 Å². The van der Waals surface area contributed by atoms with Gasteiger partial charge in [-0.25, -0.2) is 0 Å². The van der Waals surface area contributed by atoms with Crippen molar-refractivity contribution >= 4 is 13.7 Å². The Balaban J connectivity index is 2.92. The third-order valence-corrected chi connectivity index (χ3v) is 2.84. The molecule has 0 aliphatic carbocycles. The van der Waals surface area contributed by atoms with Crippen molar-refractivity contribution in [3.05, 3.63) is 0 Å². The van der Waals surface area contributed by atoms with E-state index in [4.69, 9.17) is 12.6 Å². The molecule has 0 spiro atoms. The van der Waals surface area contributed by atoms with E-state index in [-0.39, 0.29) is 12.1 Å². The van der Waals surface area contributed by atoms with Gasteiger partial charge in [-0.05, 0) is 26.7 Å². The lowest BCUT2D eigenvalue weighted by Crippen LogP contribution is -2.47. The zero-order valence-corrected chi connectivity index (χ0v) is 9.41. The smallest absolute Gasteiger partial charge is 0.200 e. The number of carbonyl (C=O) groups excluding carboxylic acids is 1. The zero-order chi connectivity index (χ0) is 10.9. The fraction of sp³-hybridized carbons (Fsp3) is 0.900. The molecule has 0 bridgehead atoms. The third-order valence-electron chi connectivity index (χ3n) is 2.84. The van der Waals surface area contributed by atoms with Gasteiger partial charge in [0.2, 0.25) is 7.85 Å². The molecule has 0 N–H and O–H groups in total. The molecule has 1 saturated heterocycles. The normalized spacial score (nSPS) is 30.7. The molecule has 78 valence electrons. The van der Waals surface area contributed by atoms with Gasteiger partial charge in [-0.1, -0.05) is 13.8 Å². The molecule has 0 saturated carbocycles. The summed E-state index contributed by atoms with van der Waals surface area (Å²) >= 11 is 0. The molecule has 1 aliphatic heterocycles. The van der Waals surface area contributed by atoms with E-state index in [1.807, 2.05) is 20.8 Å². The predicted octanol–water partition coefficient (Wildman–Crippen LogP) is 1.90. The summed E-state index contributed by atoms with van der Waals surface area (Å²) in [7, 11) is 5.36. The Morgan fingerprint density at radius 2 is 2.00 bits per heavy atom. The quantitative estimate of drug-likeness (QED) is 0.629. The van der Waals surface area contributed by atoms with E-state index in [0.717, 1.165) is 12.8 Å².